The van der Waals surface area contributed by atoms with Crippen molar-refractivity contribution in [3.63, 3.8) is 0 Å². The zero-order valence-corrected chi connectivity index (χ0v) is 5.63. The average Bonchev–Trinajstić information content (AvgIpc) is 1.82. The normalized spacial score (nSPS) is 47.6. The second-order valence-corrected chi connectivity index (χ2v) is 3.66. The lowest BCUT2D eigenvalue weighted by Crippen LogP contribution is -2.48. The van der Waals surface area contributed by atoms with Gasteiger partial charge in [-0.25, -0.2) is 0 Å². The highest BCUT2D eigenvalue weighted by Crippen LogP contribution is 2.09. The zero-order chi connectivity index (χ0) is 6.20. The van der Waals surface area contributed by atoms with Gasteiger partial charge in [0.1, 0.15) is 0 Å². The first-order valence-corrected chi connectivity index (χ1v) is 4.27. The van der Waals surface area contributed by atoms with Crippen molar-refractivity contribution in [2.24, 2.45) is 5.40 Å². The van der Waals surface area contributed by atoms with Crippen molar-refractivity contribution >= 4 is 8.97 Å². The smallest absolute Gasteiger partial charge is 0.377 e. The summed E-state index contributed by atoms with van der Waals surface area (Å²) in [5.74, 6) is 0. The summed E-state index contributed by atoms with van der Waals surface area (Å²) in [6.07, 6.45) is -0.0448. The van der Waals surface area contributed by atoms with Crippen molar-refractivity contribution < 1.29 is 13.6 Å². The Kier molecular flexibility index (Phi) is 1.38. The van der Waals surface area contributed by atoms with Crippen LogP contribution in [0.25, 0.3) is 0 Å². The highest BCUT2D eigenvalue weighted by Gasteiger charge is 2.40. The molecule has 5 heteroatoms. The molecule has 0 saturated carbocycles. The van der Waals surface area contributed by atoms with E-state index in [2.05, 4.69) is 0 Å². The molecule has 1 aliphatic rings. The van der Waals surface area contributed by atoms with Crippen LogP contribution in [0.5, 0.6) is 0 Å². The van der Waals surface area contributed by atoms with Crippen molar-refractivity contribution in [1.82, 2.24) is 0 Å². The maximum absolute atomic E-state index is 8.84. The van der Waals surface area contributed by atoms with Gasteiger partial charge in [-0.05, 0) is 6.92 Å². The van der Waals surface area contributed by atoms with Crippen molar-refractivity contribution in [2.75, 3.05) is 6.61 Å². The molecule has 2 atom stereocenters. The van der Waals surface area contributed by atoms with E-state index in [1.807, 2.05) is 0 Å². The zero-order valence-electron chi connectivity index (χ0n) is 4.63. The Hall–Kier alpha value is 0.0569. The molecule has 0 aliphatic carbocycles. The third-order valence-corrected chi connectivity index (χ3v) is 2.22. The highest BCUT2D eigenvalue weighted by atomic mass is 28.4. The molecule has 1 heterocycles. The minimum Gasteiger partial charge on any atom is -0.377 e. The highest BCUT2D eigenvalue weighted by molar-refractivity contribution is 6.55. The summed E-state index contributed by atoms with van der Waals surface area (Å²) < 4.78 is 9.50. The van der Waals surface area contributed by atoms with Gasteiger partial charge >= 0.3 is 8.97 Å². The van der Waals surface area contributed by atoms with E-state index in [0.717, 1.165) is 0 Å². The quantitative estimate of drug-likeness (QED) is 0.410. The third kappa shape index (κ3) is 1.27. The number of hydrogen-bond donors (Lipinski definition) is 2. The predicted octanol–water partition coefficient (Wildman–Crippen LogP) is -1.19. The summed E-state index contributed by atoms with van der Waals surface area (Å²) in [5, 5.41) is 5.12. The Morgan fingerprint density at radius 1 is 1.88 bits per heavy atom. The van der Waals surface area contributed by atoms with Crippen LogP contribution in [-0.2, 0) is 8.85 Å². The van der Waals surface area contributed by atoms with E-state index in [9.17, 15) is 0 Å². The van der Waals surface area contributed by atoms with E-state index in [1.54, 1.807) is 6.92 Å². The van der Waals surface area contributed by atoms with Gasteiger partial charge in [0.05, 0.1) is 12.7 Å². The van der Waals surface area contributed by atoms with Gasteiger partial charge < -0.3 is 13.6 Å². The predicted molar refractivity (Wildman–Crippen MR) is 28.7 cm³/mol. The molecule has 0 spiro atoms. The van der Waals surface area contributed by atoms with Crippen LogP contribution in [0.1, 0.15) is 6.92 Å². The van der Waals surface area contributed by atoms with Gasteiger partial charge in [-0.1, -0.05) is 0 Å². The van der Waals surface area contributed by atoms with Gasteiger partial charge in [0, 0.05) is 0 Å². The summed E-state index contributed by atoms with van der Waals surface area (Å²) >= 11 is 0. The standard InChI is InChI=1S/C3H9NO3Si/c1-3-2-6-8(4,5)7-3/h3,5H,2,4H2,1H3. The Morgan fingerprint density at radius 2 is 2.50 bits per heavy atom. The van der Waals surface area contributed by atoms with Gasteiger partial charge in [-0.2, -0.15) is 0 Å². The summed E-state index contributed by atoms with van der Waals surface area (Å²) in [7, 11) is -3.10. The minimum atomic E-state index is -3.10. The molecule has 0 aromatic rings. The van der Waals surface area contributed by atoms with Crippen molar-refractivity contribution in [3.05, 3.63) is 0 Å². The molecule has 2 unspecified atom stereocenters. The second-order valence-electron chi connectivity index (χ2n) is 1.87. The first-order chi connectivity index (χ1) is 3.60. The summed E-state index contributed by atoms with van der Waals surface area (Å²) in [5.41, 5.74) is 0. The number of nitrogens with two attached hydrogens (primary N) is 1. The molecule has 0 aromatic carbocycles. The van der Waals surface area contributed by atoms with Crippen LogP contribution in [-0.4, -0.2) is 26.5 Å². The summed E-state index contributed by atoms with van der Waals surface area (Å²) in [6.45, 7) is 2.22. The van der Waals surface area contributed by atoms with Gasteiger partial charge in [0.15, 0.2) is 0 Å². The Bertz CT molecular complexity index is 96.5. The van der Waals surface area contributed by atoms with Crippen LogP contribution < -0.4 is 5.40 Å². The second kappa shape index (κ2) is 1.78. The van der Waals surface area contributed by atoms with Crippen LogP contribution >= 0.6 is 0 Å². The molecule has 8 heavy (non-hydrogen) atoms. The van der Waals surface area contributed by atoms with Crippen molar-refractivity contribution in [3.8, 4) is 0 Å². The average molecular weight is 135 g/mol. The fraction of sp³-hybridized carbons (Fsp3) is 1.00. The fourth-order valence-electron chi connectivity index (χ4n) is 0.593. The Morgan fingerprint density at radius 3 is 2.62 bits per heavy atom. The van der Waals surface area contributed by atoms with Crippen molar-refractivity contribution in [2.45, 2.75) is 13.0 Å². The maximum Gasteiger partial charge on any atom is 0.591 e. The first kappa shape index (κ1) is 6.18. The molecule has 3 N–H and O–H groups in total. The maximum atomic E-state index is 8.84. The van der Waals surface area contributed by atoms with Gasteiger partial charge in [-0.3, -0.25) is 5.40 Å². The molecule has 0 radical (unpaired) electrons. The van der Waals surface area contributed by atoms with Crippen LogP contribution in [0.3, 0.4) is 0 Å². The molecule has 1 aliphatic heterocycles. The van der Waals surface area contributed by atoms with E-state index in [4.69, 9.17) is 19.0 Å². The largest absolute Gasteiger partial charge is 0.591 e. The van der Waals surface area contributed by atoms with Crippen molar-refractivity contribution in [1.29, 1.82) is 0 Å². The molecule has 1 rings (SSSR count). The van der Waals surface area contributed by atoms with E-state index in [-0.39, 0.29) is 6.10 Å². The van der Waals surface area contributed by atoms with Gasteiger partial charge in [-0.15, -0.1) is 0 Å². The molecule has 1 saturated heterocycles. The first-order valence-electron chi connectivity index (χ1n) is 2.43. The Labute approximate surface area is 48.7 Å². The summed E-state index contributed by atoms with van der Waals surface area (Å²) in [6, 6.07) is 0. The lowest BCUT2D eigenvalue weighted by atomic mass is 10.5. The SMILES string of the molecule is CC1CO[Si](N)(O)O1. The van der Waals surface area contributed by atoms with Crippen LogP contribution in [0.4, 0.5) is 0 Å². The molecular weight excluding hydrogens is 126 g/mol. The third-order valence-electron chi connectivity index (χ3n) is 0.895. The fourth-order valence-corrected chi connectivity index (χ4v) is 1.78. The molecule has 48 valence electrons. The number of hydrogen-bond acceptors (Lipinski definition) is 4. The topological polar surface area (TPSA) is 64.7 Å². The van der Waals surface area contributed by atoms with Gasteiger partial charge in [0.2, 0.25) is 0 Å². The van der Waals surface area contributed by atoms with Crippen LogP contribution in [0, 0.1) is 0 Å². The van der Waals surface area contributed by atoms with E-state index >= 15 is 0 Å². The van der Waals surface area contributed by atoms with Gasteiger partial charge in [0.25, 0.3) is 0 Å². The van der Waals surface area contributed by atoms with E-state index in [1.165, 1.54) is 0 Å². The molecule has 1 fully saturated rings. The summed E-state index contributed by atoms with van der Waals surface area (Å²) in [4.78, 5) is 8.84. The molecule has 0 bridgehead atoms. The van der Waals surface area contributed by atoms with Crippen LogP contribution in [0.2, 0.25) is 0 Å². The molecule has 0 aromatic heterocycles. The molecular formula is C3H9NO3Si. The van der Waals surface area contributed by atoms with E-state index < -0.39 is 8.97 Å². The Balaban J connectivity index is 2.44. The monoisotopic (exact) mass is 135 g/mol. The molecule has 0 amide bonds. The molecule has 4 nitrogen and oxygen atoms in total. The number of rotatable bonds is 0. The van der Waals surface area contributed by atoms with Crippen LogP contribution in [0.15, 0.2) is 0 Å². The lowest BCUT2D eigenvalue weighted by Gasteiger charge is -2.06. The minimum absolute atomic E-state index is 0.0448. The lowest BCUT2D eigenvalue weighted by molar-refractivity contribution is 0.192. The van der Waals surface area contributed by atoms with E-state index in [0.29, 0.717) is 6.61 Å².